The first-order chi connectivity index (χ1) is 7.74. The van der Waals surface area contributed by atoms with Crippen LogP contribution in [0.4, 0.5) is 5.82 Å². The molecule has 0 amide bonds. The van der Waals surface area contributed by atoms with E-state index in [2.05, 4.69) is 9.88 Å². The first-order valence-electron chi connectivity index (χ1n) is 5.81. The van der Waals surface area contributed by atoms with E-state index in [-0.39, 0.29) is 5.84 Å². The largest absolute Gasteiger partial charge is 0.384 e. The molecule has 1 aliphatic carbocycles. The molecule has 2 fully saturated rings. The number of nitrogens with zero attached hydrogens (tertiary/aromatic N) is 2. The van der Waals surface area contributed by atoms with Crippen LogP contribution >= 0.6 is 0 Å². The number of amidine groups is 1. The summed E-state index contributed by atoms with van der Waals surface area (Å²) in [5, 5.41) is 7.44. The van der Waals surface area contributed by atoms with Gasteiger partial charge >= 0.3 is 0 Å². The Hall–Kier alpha value is -1.58. The highest BCUT2D eigenvalue weighted by molar-refractivity contribution is 5.95. The van der Waals surface area contributed by atoms with Gasteiger partial charge in [-0.15, -0.1) is 0 Å². The van der Waals surface area contributed by atoms with Gasteiger partial charge in [-0.2, -0.15) is 0 Å². The maximum Gasteiger partial charge on any atom is 0.129 e. The summed E-state index contributed by atoms with van der Waals surface area (Å²) in [6, 6.07) is 4.39. The summed E-state index contributed by atoms with van der Waals surface area (Å²) in [6.45, 7) is 1.12. The van der Waals surface area contributed by atoms with Gasteiger partial charge in [-0.25, -0.2) is 4.98 Å². The molecule has 4 heteroatoms. The fourth-order valence-corrected chi connectivity index (χ4v) is 2.95. The summed E-state index contributed by atoms with van der Waals surface area (Å²) < 4.78 is 0. The fourth-order valence-electron chi connectivity index (χ4n) is 2.95. The molecule has 2 atom stereocenters. The van der Waals surface area contributed by atoms with Gasteiger partial charge in [0.25, 0.3) is 0 Å². The predicted molar refractivity (Wildman–Crippen MR) is 63.7 cm³/mol. The minimum absolute atomic E-state index is 0.119. The third-order valence-corrected chi connectivity index (χ3v) is 3.76. The third-order valence-electron chi connectivity index (χ3n) is 3.76. The molecule has 0 aromatic carbocycles. The zero-order valence-electron chi connectivity index (χ0n) is 9.19. The highest BCUT2D eigenvalue weighted by Gasteiger charge is 2.38. The Morgan fingerprint density at radius 3 is 3.00 bits per heavy atom. The van der Waals surface area contributed by atoms with Crippen molar-refractivity contribution in [3.63, 3.8) is 0 Å². The number of aromatic nitrogens is 1. The molecule has 4 nitrogen and oxygen atoms in total. The van der Waals surface area contributed by atoms with Crippen molar-refractivity contribution in [2.24, 2.45) is 11.7 Å². The molecule has 2 heterocycles. The molecule has 1 aliphatic heterocycles. The summed E-state index contributed by atoms with van der Waals surface area (Å²) in [5.41, 5.74) is 6.27. The van der Waals surface area contributed by atoms with Crippen LogP contribution in [0.3, 0.4) is 0 Å². The summed E-state index contributed by atoms with van der Waals surface area (Å²) in [7, 11) is 0. The minimum atomic E-state index is 0.119. The molecule has 16 heavy (non-hydrogen) atoms. The van der Waals surface area contributed by atoms with E-state index in [9.17, 15) is 0 Å². The topological polar surface area (TPSA) is 66.0 Å². The van der Waals surface area contributed by atoms with E-state index in [1.54, 1.807) is 12.3 Å². The average Bonchev–Trinajstić information content (AvgIpc) is 2.91. The zero-order valence-corrected chi connectivity index (χ0v) is 9.19. The Bertz CT molecular complexity index is 429. The molecule has 1 saturated heterocycles. The van der Waals surface area contributed by atoms with Gasteiger partial charge in [0.2, 0.25) is 0 Å². The summed E-state index contributed by atoms with van der Waals surface area (Å²) in [6.07, 6.45) is 5.72. The first-order valence-corrected chi connectivity index (χ1v) is 5.81. The molecule has 84 valence electrons. The van der Waals surface area contributed by atoms with Gasteiger partial charge < -0.3 is 10.6 Å². The molecular weight excluding hydrogens is 200 g/mol. The van der Waals surface area contributed by atoms with Crippen LogP contribution in [0.5, 0.6) is 0 Å². The lowest BCUT2D eigenvalue weighted by molar-refractivity contribution is 0.550. The Kier molecular flexibility index (Phi) is 2.09. The van der Waals surface area contributed by atoms with Crippen LogP contribution in [0.2, 0.25) is 0 Å². The number of nitrogens with one attached hydrogen (secondary N) is 1. The van der Waals surface area contributed by atoms with E-state index in [0.717, 1.165) is 23.8 Å². The number of hydrogen-bond donors (Lipinski definition) is 2. The van der Waals surface area contributed by atoms with Crippen molar-refractivity contribution in [1.82, 2.24) is 4.98 Å². The van der Waals surface area contributed by atoms with Crippen LogP contribution < -0.4 is 10.6 Å². The molecule has 2 aliphatic rings. The number of piperidine rings is 1. The van der Waals surface area contributed by atoms with E-state index < -0.39 is 0 Å². The molecule has 2 unspecified atom stereocenters. The number of hydrogen-bond acceptors (Lipinski definition) is 3. The van der Waals surface area contributed by atoms with Gasteiger partial charge in [0.1, 0.15) is 11.7 Å². The summed E-state index contributed by atoms with van der Waals surface area (Å²) in [4.78, 5) is 6.77. The molecule has 1 aromatic heterocycles. The van der Waals surface area contributed by atoms with Crippen molar-refractivity contribution in [3.8, 4) is 0 Å². The second-order valence-electron chi connectivity index (χ2n) is 4.80. The minimum Gasteiger partial charge on any atom is -0.384 e. The van der Waals surface area contributed by atoms with Crippen LogP contribution in [0.15, 0.2) is 18.3 Å². The van der Waals surface area contributed by atoms with E-state index in [4.69, 9.17) is 11.1 Å². The molecule has 0 spiro atoms. The van der Waals surface area contributed by atoms with Crippen LogP contribution in [-0.2, 0) is 0 Å². The third kappa shape index (κ3) is 1.45. The van der Waals surface area contributed by atoms with Crippen LogP contribution in [-0.4, -0.2) is 23.4 Å². The molecule has 3 N–H and O–H groups in total. The fraction of sp³-hybridized carbons (Fsp3) is 0.500. The Morgan fingerprint density at radius 1 is 1.50 bits per heavy atom. The molecule has 1 aromatic rings. The molecule has 3 rings (SSSR count). The molecule has 0 radical (unpaired) electrons. The molecule has 2 bridgehead atoms. The SMILES string of the molecule is N=C(N)c1ccnc(N2CC3CCC2C3)c1. The smallest absolute Gasteiger partial charge is 0.129 e. The quantitative estimate of drug-likeness (QED) is 0.579. The van der Waals surface area contributed by atoms with Gasteiger partial charge in [-0.05, 0) is 37.3 Å². The van der Waals surface area contributed by atoms with Crippen molar-refractivity contribution in [3.05, 3.63) is 23.9 Å². The van der Waals surface area contributed by atoms with Crippen molar-refractivity contribution >= 4 is 11.7 Å². The second-order valence-corrected chi connectivity index (χ2v) is 4.80. The number of fused-ring (bicyclic) bond motifs is 2. The Morgan fingerprint density at radius 2 is 2.38 bits per heavy atom. The lowest BCUT2D eigenvalue weighted by atomic mass is 10.1. The van der Waals surface area contributed by atoms with E-state index in [1.807, 2.05) is 6.07 Å². The van der Waals surface area contributed by atoms with Gasteiger partial charge in [0, 0.05) is 24.3 Å². The van der Waals surface area contributed by atoms with E-state index >= 15 is 0 Å². The van der Waals surface area contributed by atoms with Gasteiger partial charge in [0.15, 0.2) is 0 Å². The number of anilines is 1. The maximum absolute atomic E-state index is 7.44. The molecular formula is C12H16N4. The Balaban J connectivity index is 1.89. The molecule has 1 saturated carbocycles. The van der Waals surface area contributed by atoms with Crippen molar-refractivity contribution in [2.75, 3.05) is 11.4 Å². The van der Waals surface area contributed by atoms with Crippen LogP contribution in [0.25, 0.3) is 0 Å². The number of nitrogens with two attached hydrogens (primary N) is 1. The van der Waals surface area contributed by atoms with Crippen LogP contribution in [0, 0.1) is 11.3 Å². The van der Waals surface area contributed by atoms with Crippen LogP contribution in [0.1, 0.15) is 24.8 Å². The van der Waals surface area contributed by atoms with Gasteiger partial charge in [-0.3, -0.25) is 5.41 Å². The standard InChI is InChI=1S/C12H16N4/c13-12(14)9-3-4-15-11(6-9)16-7-8-1-2-10(16)5-8/h3-4,6,8,10H,1-2,5,7H2,(H3,13,14). The monoisotopic (exact) mass is 216 g/mol. The lowest BCUT2D eigenvalue weighted by Gasteiger charge is -2.28. The number of nitrogen functional groups attached to an aromatic ring is 1. The number of rotatable bonds is 2. The Labute approximate surface area is 95.0 Å². The van der Waals surface area contributed by atoms with Crippen molar-refractivity contribution in [2.45, 2.75) is 25.3 Å². The lowest BCUT2D eigenvalue weighted by Crippen LogP contribution is -2.32. The first kappa shape index (κ1) is 9.63. The average molecular weight is 216 g/mol. The van der Waals surface area contributed by atoms with Gasteiger partial charge in [-0.1, -0.05) is 0 Å². The van der Waals surface area contributed by atoms with Gasteiger partial charge in [0.05, 0.1) is 0 Å². The number of pyridine rings is 1. The van der Waals surface area contributed by atoms with Crippen molar-refractivity contribution in [1.29, 1.82) is 5.41 Å². The highest BCUT2D eigenvalue weighted by atomic mass is 15.2. The highest BCUT2D eigenvalue weighted by Crippen LogP contribution is 2.39. The summed E-state index contributed by atoms with van der Waals surface area (Å²) >= 11 is 0. The normalized spacial score (nSPS) is 27.4. The van der Waals surface area contributed by atoms with Crippen molar-refractivity contribution < 1.29 is 0 Å². The van der Waals surface area contributed by atoms with E-state index in [1.165, 1.54) is 19.3 Å². The summed E-state index contributed by atoms with van der Waals surface area (Å²) in [5.74, 6) is 1.96. The van der Waals surface area contributed by atoms with E-state index in [0.29, 0.717) is 6.04 Å². The maximum atomic E-state index is 7.44. The zero-order chi connectivity index (χ0) is 11.1. The second kappa shape index (κ2) is 3.47. The predicted octanol–water partition coefficient (Wildman–Crippen LogP) is 1.35.